The smallest absolute Gasteiger partial charge is 0.106 e. The average Bonchev–Trinajstić information content (AvgIpc) is 2.58. The highest BCUT2D eigenvalue weighted by Crippen LogP contribution is 2.26. The molecule has 0 amide bonds. The molecule has 0 aliphatic rings. The predicted octanol–water partition coefficient (Wildman–Crippen LogP) is 4.59. The summed E-state index contributed by atoms with van der Waals surface area (Å²) in [5.41, 5.74) is 1.03. The van der Waals surface area contributed by atoms with Crippen molar-refractivity contribution in [3.05, 3.63) is 43.2 Å². The van der Waals surface area contributed by atoms with Crippen molar-refractivity contribution >= 4 is 48.9 Å². The van der Waals surface area contributed by atoms with Crippen molar-refractivity contribution in [3.63, 3.8) is 0 Å². The number of anilines is 1. The molecule has 2 aromatic heterocycles. The Bertz CT molecular complexity index is 460. The molecule has 2 aromatic rings. The Hall–Kier alpha value is -0.390. The molecule has 0 spiro atoms. The Labute approximate surface area is 115 Å². The number of nitrogens with one attached hydrogen (secondary N) is 1. The second kappa shape index (κ2) is 5.29. The standard InChI is InChI=1S/C11H10Br2N2S/c1-7-10(12)4-9(16-7)6-14-8-2-3-11(13)15-5-8/h2-5,14H,6H2,1H3. The van der Waals surface area contributed by atoms with Crippen LogP contribution in [0.25, 0.3) is 0 Å². The Kier molecular flexibility index (Phi) is 4.00. The van der Waals surface area contributed by atoms with Gasteiger partial charge < -0.3 is 5.32 Å². The molecule has 16 heavy (non-hydrogen) atoms. The molecule has 0 bridgehead atoms. The fourth-order valence-corrected chi connectivity index (χ4v) is 3.05. The molecule has 0 aromatic carbocycles. The summed E-state index contributed by atoms with van der Waals surface area (Å²) in [6.07, 6.45) is 1.82. The van der Waals surface area contributed by atoms with Gasteiger partial charge in [0.15, 0.2) is 0 Å². The predicted molar refractivity (Wildman–Crippen MR) is 76.0 cm³/mol. The maximum absolute atomic E-state index is 4.16. The molecule has 0 saturated carbocycles. The van der Waals surface area contributed by atoms with Gasteiger partial charge in [-0.1, -0.05) is 0 Å². The summed E-state index contributed by atoms with van der Waals surface area (Å²) in [7, 11) is 0. The van der Waals surface area contributed by atoms with E-state index in [0.29, 0.717) is 0 Å². The van der Waals surface area contributed by atoms with Crippen molar-refractivity contribution in [2.75, 3.05) is 5.32 Å². The topological polar surface area (TPSA) is 24.9 Å². The van der Waals surface area contributed by atoms with Gasteiger partial charge in [-0.15, -0.1) is 11.3 Å². The highest BCUT2D eigenvalue weighted by Gasteiger charge is 2.02. The molecule has 1 N–H and O–H groups in total. The van der Waals surface area contributed by atoms with Crippen LogP contribution in [0.5, 0.6) is 0 Å². The Morgan fingerprint density at radius 1 is 1.38 bits per heavy atom. The van der Waals surface area contributed by atoms with E-state index in [-0.39, 0.29) is 0 Å². The first-order chi connectivity index (χ1) is 7.65. The molecule has 0 aliphatic carbocycles. The minimum Gasteiger partial charge on any atom is -0.379 e. The van der Waals surface area contributed by atoms with Crippen LogP contribution in [0.15, 0.2) is 33.5 Å². The van der Waals surface area contributed by atoms with Crippen LogP contribution in [0.1, 0.15) is 9.75 Å². The van der Waals surface area contributed by atoms with Crippen LogP contribution >= 0.6 is 43.2 Å². The van der Waals surface area contributed by atoms with E-state index in [1.165, 1.54) is 14.2 Å². The second-order valence-corrected chi connectivity index (χ2v) is 6.35. The molecular weight excluding hydrogens is 352 g/mol. The van der Waals surface area contributed by atoms with Gasteiger partial charge in [-0.2, -0.15) is 0 Å². The van der Waals surface area contributed by atoms with Crippen LogP contribution < -0.4 is 5.32 Å². The SMILES string of the molecule is Cc1sc(CNc2ccc(Br)nc2)cc1Br. The number of rotatable bonds is 3. The lowest BCUT2D eigenvalue weighted by atomic mass is 10.4. The lowest BCUT2D eigenvalue weighted by Crippen LogP contribution is -1.97. The number of hydrogen-bond acceptors (Lipinski definition) is 3. The molecule has 0 fully saturated rings. The maximum atomic E-state index is 4.16. The van der Waals surface area contributed by atoms with Crippen LogP contribution in [0.4, 0.5) is 5.69 Å². The minimum absolute atomic E-state index is 0.834. The van der Waals surface area contributed by atoms with Crippen molar-refractivity contribution in [2.24, 2.45) is 0 Å². The Morgan fingerprint density at radius 2 is 2.19 bits per heavy atom. The summed E-state index contributed by atoms with van der Waals surface area (Å²) in [6, 6.07) is 6.09. The van der Waals surface area contributed by atoms with Crippen LogP contribution in [-0.4, -0.2) is 4.98 Å². The monoisotopic (exact) mass is 360 g/mol. The summed E-state index contributed by atoms with van der Waals surface area (Å²) in [5, 5.41) is 3.33. The lowest BCUT2D eigenvalue weighted by molar-refractivity contribution is 1.16. The molecule has 5 heteroatoms. The molecular formula is C11H10Br2N2S. The normalized spacial score (nSPS) is 10.4. The largest absolute Gasteiger partial charge is 0.379 e. The third-order valence-electron chi connectivity index (χ3n) is 2.10. The third kappa shape index (κ3) is 3.06. The van der Waals surface area contributed by atoms with E-state index >= 15 is 0 Å². The minimum atomic E-state index is 0.834. The van der Waals surface area contributed by atoms with Gasteiger partial charge in [-0.05, 0) is 57.0 Å². The number of aryl methyl sites for hydroxylation is 1. The number of thiophene rings is 1. The van der Waals surface area contributed by atoms with Crippen LogP contribution in [-0.2, 0) is 6.54 Å². The summed E-state index contributed by atoms with van der Waals surface area (Å²) in [6.45, 7) is 2.94. The highest BCUT2D eigenvalue weighted by molar-refractivity contribution is 9.10. The molecule has 0 atom stereocenters. The highest BCUT2D eigenvalue weighted by atomic mass is 79.9. The Balaban J connectivity index is 1.99. The van der Waals surface area contributed by atoms with E-state index in [1.54, 1.807) is 11.3 Å². The van der Waals surface area contributed by atoms with Gasteiger partial charge >= 0.3 is 0 Å². The number of nitrogens with zero attached hydrogens (tertiary/aromatic N) is 1. The molecule has 0 unspecified atom stereocenters. The van der Waals surface area contributed by atoms with Gasteiger partial charge in [0.25, 0.3) is 0 Å². The van der Waals surface area contributed by atoms with Crippen molar-refractivity contribution in [1.82, 2.24) is 4.98 Å². The third-order valence-corrected chi connectivity index (χ3v) is 4.71. The fraction of sp³-hybridized carbons (Fsp3) is 0.182. The van der Waals surface area contributed by atoms with Crippen molar-refractivity contribution in [3.8, 4) is 0 Å². The van der Waals surface area contributed by atoms with Crippen LogP contribution in [0.3, 0.4) is 0 Å². The molecule has 0 saturated heterocycles. The first-order valence-corrected chi connectivity index (χ1v) is 7.15. The maximum Gasteiger partial charge on any atom is 0.106 e. The fourth-order valence-electron chi connectivity index (χ4n) is 1.27. The van der Waals surface area contributed by atoms with E-state index in [4.69, 9.17) is 0 Å². The van der Waals surface area contributed by atoms with Gasteiger partial charge in [0.2, 0.25) is 0 Å². The number of halogens is 2. The van der Waals surface area contributed by atoms with Crippen LogP contribution in [0, 0.1) is 6.92 Å². The zero-order valence-electron chi connectivity index (χ0n) is 8.63. The van der Waals surface area contributed by atoms with Crippen molar-refractivity contribution in [1.29, 1.82) is 0 Å². The zero-order chi connectivity index (χ0) is 11.5. The molecule has 0 aliphatic heterocycles. The molecule has 84 valence electrons. The van der Waals surface area contributed by atoms with E-state index in [9.17, 15) is 0 Å². The van der Waals surface area contributed by atoms with Gasteiger partial charge in [0.05, 0.1) is 11.9 Å². The average molecular weight is 362 g/mol. The van der Waals surface area contributed by atoms with E-state index in [0.717, 1.165) is 16.8 Å². The summed E-state index contributed by atoms with van der Waals surface area (Å²) < 4.78 is 2.04. The number of pyridine rings is 1. The summed E-state index contributed by atoms with van der Waals surface area (Å²) in [5.74, 6) is 0. The summed E-state index contributed by atoms with van der Waals surface area (Å²) >= 11 is 8.62. The Morgan fingerprint density at radius 3 is 2.75 bits per heavy atom. The van der Waals surface area contributed by atoms with E-state index < -0.39 is 0 Å². The molecule has 2 nitrogen and oxygen atoms in total. The second-order valence-electron chi connectivity index (χ2n) is 3.34. The van der Waals surface area contributed by atoms with E-state index in [2.05, 4.69) is 55.2 Å². The van der Waals surface area contributed by atoms with Crippen LogP contribution in [0.2, 0.25) is 0 Å². The summed E-state index contributed by atoms with van der Waals surface area (Å²) in [4.78, 5) is 6.79. The van der Waals surface area contributed by atoms with Gasteiger partial charge in [-0.25, -0.2) is 4.98 Å². The van der Waals surface area contributed by atoms with Crippen molar-refractivity contribution in [2.45, 2.75) is 13.5 Å². The number of aromatic nitrogens is 1. The van der Waals surface area contributed by atoms with Gasteiger partial charge in [0.1, 0.15) is 4.60 Å². The quantitative estimate of drug-likeness (QED) is 0.809. The zero-order valence-corrected chi connectivity index (χ0v) is 12.6. The first-order valence-electron chi connectivity index (χ1n) is 4.75. The molecule has 0 radical (unpaired) electrons. The first kappa shape index (κ1) is 12.1. The van der Waals surface area contributed by atoms with Gasteiger partial charge in [0, 0.05) is 20.8 Å². The lowest BCUT2D eigenvalue weighted by Gasteiger charge is -2.03. The molecule has 2 heterocycles. The van der Waals surface area contributed by atoms with E-state index in [1.807, 2.05) is 18.3 Å². The molecule has 2 rings (SSSR count). The van der Waals surface area contributed by atoms with Gasteiger partial charge in [-0.3, -0.25) is 0 Å². The van der Waals surface area contributed by atoms with Crippen molar-refractivity contribution < 1.29 is 0 Å². The number of hydrogen-bond donors (Lipinski definition) is 1.